The molecule has 40 heavy (non-hydrogen) atoms. The fourth-order valence-electron chi connectivity index (χ4n) is 4.28. The minimum absolute atomic E-state index is 0.129. The fraction of sp³-hybridized carbons (Fsp3) is 0.679. The lowest BCUT2D eigenvalue weighted by Gasteiger charge is -2.38. The molecule has 3 N–H and O–H groups in total. The van der Waals surface area contributed by atoms with E-state index in [0.717, 1.165) is 43.1 Å². The van der Waals surface area contributed by atoms with Gasteiger partial charge in [0, 0.05) is 5.56 Å². The maximum Gasteiger partial charge on any atom is 0.419 e. The third-order valence-electron chi connectivity index (χ3n) is 6.32. The Morgan fingerprint density at radius 2 is 1.70 bits per heavy atom. The molecule has 1 heterocycles. The second kappa shape index (κ2) is 13.2. The van der Waals surface area contributed by atoms with Gasteiger partial charge in [-0.2, -0.15) is 13.2 Å². The first-order valence-electron chi connectivity index (χ1n) is 13.5. The van der Waals surface area contributed by atoms with Gasteiger partial charge in [-0.25, -0.2) is 4.79 Å². The molecule has 1 aromatic rings. The molecule has 2 amide bonds. The van der Waals surface area contributed by atoms with Crippen LogP contribution < -0.4 is 15.8 Å². The number of nitrogens with one attached hydrogen (secondary N) is 1. The number of amides is 2. The Kier molecular flexibility index (Phi) is 11.0. The summed E-state index contributed by atoms with van der Waals surface area (Å²) in [5.41, 5.74) is 0.728. The van der Waals surface area contributed by atoms with Crippen LogP contribution in [0.1, 0.15) is 96.0 Å². The second-order valence-electron chi connectivity index (χ2n) is 11.4. The van der Waals surface area contributed by atoms with Crippen molar-refractivity contribution in [2.24, 2.45) is 5.73 Å². The Hall–Kier alpha value is -2.86. The fourth-order valence-corrected chi connectivity index (χ4v) is 4.28. The number of halogens is 3. The van der Waals surface area contributed by atoms with Crippen LogP contribution in [0.2, 0.25) is 0 Å². The summed E-state index contributed by atoms with van der Waals surface area (Å²) < 4.78 is 57.6. The van der Waals surface area contributed by atoms with Crippen LogP contribution in [0.15, 0.2) is 18.2 Å². The standard InChI is InChI=1S/C28H42F3N3O6/c1-7-8-9-10-11-12-15-38-22-14-13-19(16-20(22)28(29,30)31)21(35)17-33-23(36)27(32)18-39-26(5,6)34(27)24(37)40-25(2,3)4/h13-14,16H,7-12,15,17-18,32H2,1-6H3,(H,33,36). The van der Waals surface area contributed by atoms with Crippen molar-refractivity contribution in [3.63, 3.8) is 0 Å². The van der Waals surface area contributed by atoms with Crippen molar-refractivity contribution in [2.75, 3.05) is 19.8 Å². The normalized spacial score (nSPS) is 18.9. The Bertz CT molecular complexity index is 1050. The van der Waals surface area contributed by atoms with E-state index < -0.39 is 53.1 Å². The van der Waals surface area contributed by atoms with Crippen LogP contribution in [-0.2, 0) is 20.4 Å². The second-order valence-corrected chi connectivity index (χ2v) is 11.4. The molecule has 1 unspecified atom stereocenters. The quantitative estimate of drug-likeness (QED) is 0.254. The van der Waals surface area contributed by atoms with Gasteiger partial charge >= 0.3 is 12.3 Å². The highest BCUT2D eigenvalue weighted by molar-refractivity contribution is 6.01. The van der Waals surface area contributed by atoms with Gasteiger partial charge in [0.2, 0.25) is 5.66 Å². The van der Waals surface area contributed by atoms with Gasteiger partial charge in [-0.05, 0) is 59.2 Å². The van der Waals surface area contributed by atoms with Crippen molar-refractivity contribution in [1.82, 2.24) is 10.2 Å². The maximum atomic E-state index is 13.7. The first-order chi connectivity index (χ1) is 18.4. The number of nitrogens with two attached hydrogens (primary N) is 1. The number of alkyl halides is 3. The summed E-state index contributed by atoms with van der Waals surface area (Å²) in [7, 11) is 0. The predicted octanol–water partition coefficient (Wildman–Crippen LogP) is 5.40. The molecule has 0 aromatic heterocycles. The van der Waals surface area contributed by atoms with Gasteiger partial charge < -0.3 is 19.5 Å². The number of ketones is 1. The number of ether oxygens (including phenoxy) is 3. The summed E-state index contributed by atoms with van der Waals surface area (Å²) in [6, 6.07) is 3.03. The highest BCUT2D eigenvalue weighted by Crippen LogP contribution is 2.37. The van der Waals surface area contributed by atoms with E-state index in [0.29, 0.717) is 12.5 Å². The van der Waals surface area contributed by atoms with E-state index in [4.69, 9.17) is 19.9 Å². The molecule has 1 aliphatic heterocycles. The molecule has 0 bridgehead atoms. The van der Waals surface area contributed by atoms with Crippen LogP contribution in [0.25, 0.3) is 0 Å². The lowest BCUT2D eigenvalue weighted by molar-refractivity contribution is -0.139. The van der Waals surface area contributed by atoms with Crippen molar-refractivity contribution in [3.05, 3.63) is 29.3 Å². The zero-order valence-electron chi connectivity index (χ0n) is 24.2. The smallest absolute Gasteiger partial charge is 0.419 e. The molecule has 12 heteroatoms. The predicted molar refractivity (Wildman–Crippen MR) is 143 cm³/mol. The summed E-state index contributed by atoms with van der Waals surface area (Å²) in [4.78, 5) is 39.6. The molecule has 0 spiro atoms. The number of unbranched alkanes of at least 4 members (excludes halogenated alkanes) is 5. The molecule has 1 aromatic carbocycles. The van der Waals surface area contributed by atoms with Crippen molar-refractivity contribution in [3.8, 4) is 5.75 Å². The zero-order chi connectivity index (χ0) is 30.4. The zero-order valence-corrected chi connectivity index (χ0v) is 24.2. The molecule has 0 saturated carbocycles. The molecule has 0 radical (unpaired) electrons. The van der Waals surface area contributed by atoms with Crippen LogP contribution in [0, 0.1) is 0 Å². The Morgan fingerprint density at radius 1 is 1.07 bits per heavy atom. The number of Topliss-reactive ketones (excluding diaryl/α,β-unsaturated/α-hetero) is 1. The number of hydrogen-bond acceptors (Lipinski definition) is 7. The number of benzene rings is 1. The number of nitrogens with zero attached hydrogens (tertiary/aromatic N) is 1. The van der Waals surface area contributed by atoms with Gasteiger partial charge in [0.15, 0.2) is 5.78 Å². The number of hydrogen-bond donors (Lipinski definition) is 2. The van der Waals surface area contributed by atoms with Gasteiger partial charge in [-0.15, -0.1) is 0 Å². The Labute approximate surface area is 233 Å². The van der Waals surface area contributed by atoms with Gasteiger partial charge in [0.05, 0.1) is 25.3 Å². The van der Waals surface area contributed by atoms with Crippen molar-refractivity contribution < 1.29 is 41.8 Å². The van der Waals surface area contributed by atoms with E-state index in [2.05, 4.69) is 12.2 Å². The van der Waals surface area contributed by atoms with Crippen LogP contribution in [-0.4, -0.2) is 59.4 Å². The van der Waals surface area contributed by atoms with Crippen LogP contribution in [0.4, 0.5) is 18.0 Å². The van der Waals surface area contributed by atoms with E-state index in [9.17, 15) is 27.6 Å². The Balaban J connectivity index is 2.09. The average Bonchev–Trinajstić information content (AvgIpc) is 3.09. The van der Waals surface area contributed by atoms with E-state index in [1.165, 1.54) is 19.9 Å². The molecule has 226 valence electrons. The minimum Gasteiger partial charge on any atom is -0.493 e. The SMILES string of the molecule is CCCCCCCCOc1ccc(C(=O)CNC(=O)C2(N)COC(C)(C)N2C(=O)OC(C)(C)C)cc1C(F)(F)F. The number of carbonyl (C=O) groups is 3. The third-order valence-corrected chi connectivity index (χ3v) is 6.32. The summed E-state index contributed by atoms with van der Waals surface area (Å²) in [5.74, 6) is -2.07. The molecule has 1 aliphatic rings. The molecule has 1 saturated heterocycles. The lowest BCUT2D eigenvalue weighted by Crippen LogP contribution is -2.68. The monoisotopic (exact) mass is 573 g/mol. The molecular formula is C28H42F3N3O6. The average molecular weight is 574 g/mol. The molecule has 9 nitrogen and oxygen atoms in total. The van der Waals surface area contributed by atoms with E-state index >= 15 is 0 Å². The first-order valence-corrected chi connectivity index (χ1v) is 13.5. The molecule has 1 atom stereocenters. The molecular weight excluding hydrogens is 531 g/mol. The van der Waals surface area contributed by atoms with Crippen LogP contribution in [0.5, 0.6) is 5.75 Å². The Morgan fingerprint density at radius 3 is 2.30 bits per heavy atom. The highest BCUT2D eigenvalue weighted by Gasteiger charge is 2.58. The van der Waals surface area contributed by atoms with Gasteiger partial charge in [0.25, 0.3) is 5.91 Å². The topological polar surface area (TPSA) is 120 Å². The third kappa shape index (κ3) is 8.82. The molecule has 1 fully saturated rings. The number of rotatable bonds is 12. The van der Waals surface area contributed by atoms with E-state index in [1.54, 1.807) is 20.8 Å². The first kappa shape index (κ1) is 33.3. The summed E-state index contributed by atoms with van der Waals surface area (Å²) in [6.45, 7) is 9.17. The van der Waals surface area contributed by atoms with Crippen molar-refractivity contribution >= 4 is 17.8 Å². The largest absolute Gasteiger partial charge is 0.493 e. The van der Waals surface area contributed by atoms with E-state index in [-0.39, 0.29) is 24.5 Å². The number of carbonyl (C=O) groups excluding carboxylic acids is 3. The minimum atomic E-state index is -4.75. The highest BCUT2D eigenvalue weighted by atomic mass is 19.4. The van der Waals surface area contributed by atoms with Gasteiger partial charge in [0.1, 0.15) is 17.1 Å². The van der Waals surface area contributed by atoms with Gasteiger partial charge in [-0.3, -0.25) is 20.2 Å². The van der Waals surface area contributed by atoms with Gasteiger partial charge in [-0.1, -0.05) is 39.0 Å². The van der Waals surface area contributed by atoms with Crippen LogP contribution >= 0.6 is 0 Å². The molecule has 0 aliphatic carbocycles. The summed E-state index contributed by atoms with van der Waals surface area (Å²) in [6.07, 6.45) is 0.115. The maximum absolute atomic E-state index is 13.7. The summed E-state index contributed by atoms with van der Waals surface area (Å²) >= 11 is 0. The van der Waals surface area contributed by atoms with Crippen LogP contribution in [0.3, 0.4) is 0 Å². The summed E-state index contributed by atoms with van der Waals surface area (Å²) in [5, 5.41) is 2.33. The van der Waals surface area contributed by atoms with Crippen molar-refractivity contribution in [1.29, 1.82) is 0 Å². The van der Waals surface area contributed by atoms with E-state index in [1.807, 2.05) is 0 Å². The van der Waals surface area contributed by atoms with Crippen molar-refractivity contribution in [2.45, 2.75) is 103 Å². The molecule has 2 rings (SSSR count). The lowest BCUT2D eigenvalue weighted by atomic mass is 10.0.